The maximum absolute atomic E-state index is 10.0. The standard InChI is InChI=1S/C12H17NO/c1-8-3-4-10(11(14)9(8)2)12(7-13)5-6-12/h3-4,14H,5-7,13H2,1-2H3. The Morgan fingerprint density at radius 1 is 1.36 bits per heavy atom. The molecule has 14 heavy (non-hydrogen) atoms. The van der Waals surface area contributed by atoms with Crippen molar-refractivity contribution in [1.82, 2.24) is 0 Å². The first-order chi connectivity index (χ1) is 6.60. The predicted molar refractivity (Wildman–Crippen MR) is 57.5 cm³/mol. The Morgan fingerprint density at radius 3 is 2.50 bits per heavy atom. The highest BCUT2D eigenvalue weighted by Crippen LogP contribution is 2.51. The number of hydrogen-bond acceptors (Lipinski definition) is 2. The molecular weight excluding hydrogens is 174 g/mol. The van der Waals surface area contributed by atoms with Gasteiger partial charge in [0.15, 0.2) is 0 Å². The molecule has 2 heteroatoms. The molecule has 0 aliphatic heterocycles. The first-order valence-electron chi connectivity index (χ1n) is 5.10. The second-order valence-electron chi connectivity index (χ2n) is 4.39. The molecule has 0 aromatic heterocycles. The Kier molecular flexibility index (Phi) is 2.04. The highest BCUT2D eigenvalue weighted by atomic mass is 16.3. The lowest BCUT2D eigenvalue weighted by Crippen LogP contribution is -2.20. The monoisotopic (exact) mass is 191 g/mol. The highest BCUT2D eigenvalue weighted by Gasteiger charge is 2.44. The third-order valence-electron chi connectivity index (χ3n) is 3.52. The van der Waals surface area contributed by atoms with E-state index in [1.807, 2.05) is 19.9 Å². The summed E-state index contributed by atoms with van der Waals surface area (Å²) >= 11 is 0. The van der Waals surface area contributed by atoms with Crippen molar-refractivity contribution in [2.45, 2.75) is 32.1 Å². The number of benzene rings is 1. The summed E-state index contributed by atoms with van der Waals surface area (Å²) in [6.45, 7) is 4.62. The Hall–Kier alpha value is -1.02. The van der Waals surface area contributed by atoms with E-state index in [9.17, 15) is 5.11 Å². The fourth-order valence-corrected chi connectivity index (χ4v) is 1.96. The fourth-order valence-electron chi connectivity index (χ4n) is 1.96. The maximum atomic E-state index is 10.0. The molecule has 2 nitrogen and oxygen atoms in total. The molecule has 1 fully saturated rings. The van der Waals surface area contributed by atoms with Gasteiger partial charge in [0.05, 0.1) is 0 Å². The van der Waals surface area contributed by atoms with Crippen LogP contribution in [0.25, 0.3) is 0 Å². The minimum atomic E-state index is 0.0859. The smallest absolute Gasteiger partial charge is 0.122 e. The largest absolute Gasteiger partial charge is 0.507 e. The van der Waals surface area contributed by atoms with Crippen LogP contribution in [0.3, 0.4) is 0 Å². The number of rotatable bonds is 2. The van der Waals surface area contributed by atoms with Gasteiger partial charge in [-0.2, -0.15) is 0 Å². The van der Waals surface area contributed by atoms with Crippen LogP contribution in [0.4, 0.5) is 0 Å². The first-order valence-corrected chi connectivity index (χ1v) is 5.10. The maximum Gasteiger partial charge on any atom is 0.122 e. The second kappa shape index (κ2) is 2.99. The van der Waals surface area contributed by atoms with Gasteiger partial charge in [-0.1, -0.05) is 12.1 Å². The number of hydrogen-bond donors (Lipinski definition) is 2. The molecule has 3 N–H and O–H groups in total. The zero-order chi connectivity index (χ0) is 10.3. The predicted octanol–water partition coefficient (Wildman–Crippen LogP) is 2.00. The average molecular weight is 191 g/mol. The van der Waals surface area contributed by atoms with E-state index in [0.717, 1.165) is 29.5 Å². The zero-order valence-corrected chi connectivity index (χ0v) is 8.80. The molecule has 2 rings (SSSR count). The van der Waals surface area contributed by atoms with Gasteiger partial charge in [-0.3, -0.25) is 0 Å². The van der Waals surface area contributed by atoms with Crippen molar-refractivity contribution in [3.8, 4) is 5.75 Å². The van der Waals surface area contributed by atoms with Gasteiger partial charge in [-0.15, -0.1) is 0 Å². The van der Waals surface area contributed by atoms with Gasteiger partial charge in [0, 0.05) is 17.5 Å². The lowest BCUT2D eigenvalue weighted by Gasteiger charge is -2.17. The highest BCUT2D eigenvalue weighted by molar-refractivity contribution is 5.50. The average Bonchev–Trinajstić information content (AvgIpc) is 2.95. The van der Waals surface area contributed by atoms with Gasteiger partial charge >= 0.3 is 0 Å². The van der Waals surface area contributed by atoms with Crippen molar-refractivity contribution >= 4 is 0 Å². The molecule has 0 radical (unpaired) electrons. The van der Waals surface area contributed by atoms with E-state index >= 15 is 0 Å². The Bertz CT molecular complexity index is 367. The van der Waals surface area contributed by atoms with Crippen LogP contribution >= 0.6 is 0 Å². The topological polar surface area (TPSA) is 46.2 Å². The van der Waals surface area contributed by atoms with Gasteiger partial charge in [-0.05, 0) is 37.8 Å². The van der Waals surface area contributed by atoms with Crippen LogP contribution in [0.2, 0.25) is 0 Å². The fraction of sp³-hybridized carbons (Fsp3) is 0.500. The van der Waals surface area contributed by atoms with Crippen molar-refractivity contribution in [3.63, 3.8) is 0 Å². The summed E-state index contributed by atoms with van der Waals surface area (Å²) in [6, 6.07) is 4.09. The summed E-state index contributed by atoms with van der Waals surface area (Å²) in [7, 11) is 0. The summed E-state index contributed by atoms with van der Waals surface area (Å²) in [5.41, 5.74) is 9.00. The second-order valence-corrected chi connectivity index (χ2v) is 4.39. The summed E-state index contributed by atoms with van der Waals surface area (Å²) in [5, 5.41) is 10.0. The summed E-state index contributed by atoms with van der Waals surface area (Å²) in [6.07, 6.45) is 2.22. The summed E-state index contributed by atoms with van der Waals surface area (Å²) in [5.74, 6) is 0.452. The molecule has 0 saturated heterocycles. The van der Waals surface area contributed by atoms with Gasteiger partial charge in [0.1, 0.15) is 5.75 Å². The molecule has 1 aliphatic rings. The van der Waals surface area contributed by atoms with Crippen LogP contribution in [0.5, 0.6) is 5.75 Å². The van der Waals surface area contributed by atoms with Crippen molar-refractivity contribution in [3.05, 3.63) is 28.8 Å². The van der Waals surface area contributed by atoms with E-state index in [0.29, 0.717) is 12.3 Å². The number of aromatic hydroxyl groups is 1. The van der Waals surface area contributed by atoms with E-state index in [1.165, 1.54) is 0 Å². The van der Waals surface area contributed by atoms with E-state index in [2.05, 4.69) is 6.07 Å². The SMILES string of the molecule is Cc1ccc(C2(CN)CC2)c(O)c1C. The van der Waals surface area contributed by atoms with Crippen LogP contribution in [0.1, 0.15) is 29.5 Å². The lowest BCUT2D eigenvalue weighted by atomic mass is 9.92. The summed E-state index contributed by atoms with van der Waals surface area (Å²) in [4.78, 5) is 0. The van der Waals surface area contributed by atoms with Gasteiger partial charge < -0.3 is 10.8 Å². The molecule has 0 unspecified atom stereocenters. The Labute approximate surface area is 84.7 Å². The van der Waals surface area contributed by atoms with Crippen LogP contribution in [-0.2, 0) is 5.41 Å². The molecule has 1 aromatic carbocycles. The third-order valence-corrected chi connectivity index (χ3v) is 3.52. The third kappa shape index (κ3) is 1.22. The molecule has 0 bridgehead atoms. The van der Waals surface area contributed by atoms with Crippen LogP contribution < -0.4 is 5.73 Å². The number of aryl methyl sites for hydroxylation is 1. The normalized spacial score (nSPS) is 18.2. The van der Waals surface area contributed by atoms with E-state index < -0.39 is 0 Å². The molecule has 0 atom stereocenters. The van der Waals surface area contributed by atoms with Crippen LogP contribution in [0.15, 0.2) is 12.1 Å². The van der Waals surface area contributed by atoms with E-state index in [1.54, 1.807) is 0 Å². The molecular formula is C12H17NO. The molecule has 1 saturated carbocycles. The van der Waals surface area contributed by atoms with Crippen molar-refractivity contribution in [2.75, 3.05) is 6.54 Å². The first kappa shape index (κ1) is 9.53. The van der Waals surface area contributed by atoms with E-state index in [4.69, 9.17) is 5.73 Å². The van der Waals surface area contributed by atoms with Gasteiger partial charge in [0.25, 0.3) is 0 Å². The molecule has 0 heterocycles. The van der Waals surface area contributed by atoms with Gasteiger partial charge in [0.2, 0.25) is 0 Å². The van der Waals surface area contributed by atoms with Crippen LogP contribution in [0, 0.1) is 13.8 Å². The van der Waals surface area contributed by atoms with E-state index in [-0.39, 0.29) is 5.41 Å². The summed E-state index contributed by atoms with van der Waals surface area (Å²) < 4.78 is 0. The molecule has 0 amide bonds. The van der Waals surface area contributed by atoms with Gasteiger partial charge in [-0.25, -0.2) is 0 Å². The lowest BCUT2D eigenvalue weighted by molar-refractivity contribution is 0.454. The zero-order valence-electron chi connectivity index (χ0n) is 8.80. The van der Waals surface area contributed by atoms with Crippen molar-refractivity contribution in [1.29, 1.82) is 0 Å². The van der Waals surface area contributed by atoms with Crippen LogP contribution in [-0.4, -0.2) is 11.7 Å². The molecule has 0 spiro atoms. The minimum Gasteiger partial charge on any atom is -0.507 e. The molecule has 1 aromatic rings. The van der Waals surface area contributed by atoms with Crippen molar-refractivity contribution < 1.29 is 5.11 Å². The Balaban J connectivity index is 2.50. The quantitative estimate of drug-likeness (QED) is 0.751. The molecule has 76 valence electrons. The molecule has 1 aliphatic carbocycles. The Morgan fingerprint density at radius 2 is 2.00 bits per heavy atom. The number of nitrogens with two attached hydrogens (primary N) is 1. The number of phenols is 1. The number of phenolic OH excluding ortho intramolecular Hbond substituents is 1. The minimum absolute atomic E-state index is 0.0859. The van der Waals surface area contributed by atoms with Crippen molar-refractivity contribution in [2.24, 2.45) is 5.73 Å².